The van der Waals surface area contributed by atoms with Gasteiger partial charge in [-0.15, -0.1) is 0 Å². The molecule has 112 valence electrons. The van der Waals surface area contributed by atoms with Crippen molar-refractivity contribution in [2.24, 2.45) is 11.7 Å². The predicted molar refractivity (Wildman–Crippen MR) is 75.8 cm³/mol. The van der Waals surface area contributed by atoms with Crippen molar-refractivity contribution in [1.29, 1.82) is 0 Å². The van der Waals surface area contributed by atoms with Gasteiger partial charge in [-0.05, 0) is 62.3 Å². The smallest absolute Gasteiger partial charge is 0.191 e. The van der Waals surface area contributed by atoms with Crippen molar-refractivity contribution >= 4 is 0 Å². The van der Waals surface area contributed by atoms with E-state index in [0.717, 1.165) is 31.6 Å². The third-order valence-electron chi connectivity index (χ3n) is 4.15. The number of ether oxygens (including phenoxy) is 1. The van der Waals surface area contributed by atoms with E-state index in [1.54, 1.807) is 0 Å². The zero-order valence-electron chi connectivity index (χ0n) is 12.0. The van der Waals surface area contributed by atoms with E-state index in [1.165, 1.54) is 18.6 Å². The van der Waals surface area contributed by atoms with Crippen molar-refractivity contribution in [3.8, 4) is 5.75 Å². The minimum absolute atomic E-state index is 0.0674. The van der Waals surface area contributed by atoms with E-state index in [2.05, 4.69) is 6.92 Å². The molecule has 0 radical (unpaired) electrons. The van der Waals surface area contributed by atoms with Gasteiger partial charge >= 0.3 is 0 Å². The third kappa shape index (κ3) is 3.69. The van der Waals surface area contributed by atoms with E-state index in [9.17, 15) is 8.78 Å². The van der Waals surface area contributed by atoms with E-state index >= 15 is 0 Å². The van der Waals surface area contributed by atoms with E-state index in [4.69, 9.17) is 10.5 Å². The molecule has 2 nitrogen and oxygen atoms in total. The Morgan fingerprint density at radius 3 is 2.25 bits per heavy atom. The zero-order chi connectivity index (χ0) is 14.5. The normalized spacial score (nSPS) is 22.8. The maximum absolute atomic E-state index is 13.9. The molecule has 0 heterocycles. The van der Waals surface area contributed by atoms with Crippen LogP contribution in [0.2, 0.25) is 0 Å². The Kier molecular flexibility index (Phi) is 5.35. The maximum Gasteiger partial charge on any atom is 0.191 e. The van der Waals surface area contributed by atoms with Crippen LogP contribution in [0.15, 0.2) is 12.1 Å². The highest BCUT2D eigenvalue weighted by atomic mass is 19.1. The van der Waals surface area contributed by atoms with Crippen LogP contribution in [-0.2, 0) is 6.42 Å². The Hall–Kier alpha value is -1.16. The van der Waals surface area contributed by atoms with Gasteiger partial charge in [0.25, 0.3) is 0 Å². The lowest BCUT2D eigenvalue weighted by Gasteiger charge is -2.28. The summed E-state index contributed by atoms with van der Waals surface area (Å²) in [5, 5.41) is 0. The topological polar surface area (TPSA) is 35.2 Å². The highest BCUT2D eigenvalue weighted by molar-refractivity contribution is 5.31. The lowest BCUT2D eigenvalue weighted by atomic mass is 9.86. The van der Waals surface area contributed by atoms with Crippen LogP contribution in [0.3, 0.4) is 0 Å². The van der Waals surface area contributed by atoms with Crippen molar-refractivity contribution in [2.75, 3.05) is 6.54 Å². The summed E-state index contributed by atoms with van der Waals surface area (Å²) >= 11 is 0. The fourth-order valence-corrected chi connectivity index (χ4v) is 2.86. The van der Waals surface area contributed by atoms with Gasteiger partial charge in [-0.2, -0.15) is 0 Å². The first-order valence-corrected chi connectivity index (χ1v) is 7.48. The van der Waals surface area contributed by atoms with Crippen molar-refractivity contribution in [2.45, 2.75) is 51.6 Å². The second-order valence-electron chi connectivity index (χ2n) is 5.60. The van der Waals surface area contributed by atoms with Gasteiger partial charge < -0.3 is 10.5 Å². The first-order valence-electron chi connectivity index (χ1n) is 7.48. The third-order valence-corrected chi connectivity index (χ3v) is 4.15. The molecule has 0 aliphatic heterocycles. The quantitative estimate of drug-likeness (QED) is 0.891. The lowest BCUT2D eigenvalue weighted by molar-refractivity contribution is 0.119. The highest BCUT2D eigenvalue weighted by Crippen LogP contribution is 2.31. The van der Waals surface area contributed by atoms with Crippen LogP contribution in [0.25, 0.3) is 0 Å². The Morgan fingerprint density at radius 2 is 1.75 bits per heavy atom. The van der Waals surface area contributed by atoms with Gasteiger partial charge in [-0.1, -0.05) is 13.3 Å². The Morgan fingerprint density at radius 1 is 1.15 bits per heavy atom. The van der Waals surface area contributed by atoms with Crippen molar-refractivity contribution in [3.05, 3.63) is 29.3 Å². The summed E-state index contributed by atoms with van der Waals surface area (Å²) in [5.41, 5.74) is 5.97. The van der Waals surface area contributed by atoms with Crippen LogP contribution in [-0.4, -0.2) is 12.6 Å². The molecule has 20 heavy (non-hydrogen) atoms. The summed E-state index contributed by atoms with van der Waals surface area (Å²) in [6.07, 6.45) is 5.48. The summed E-state index contributed by atoms with van der Waals surface area (Å²) in [5.74, 6) is -0.737. The van der Waals surface area contributed by atoms with Crippen molar-refractivity contribution in [1.82, 2.24) is 0 Å². The van der Waals surface area contributed by atoms with E-state index in [1.807, 2.05) is 0 Å². The summed E-state index contributed by atoms with van der Waals surface area (Å²) in [6.45, 7) is 2.56. The molecule has 1 aromatic rings. The molecule has 1 saturated carbocycles. The minimum Gasteiger partial charge on any atom is -0.484 e. The summed E-state index contributed by atoms with van der Waals surface area (Å²) < 4.78 is 33.4. The molecule has 1 aliphatic rings. The first kappa shape index (κ1) is 15.2. The molecule has 0 bridgehead atoms. The van der Waals surface area contributed by atoms with Gasteiger partial charge in [0.15, 0.2) is 17.4 Å². The van der Waals surface area contributed by atoms with Gasteiger partial charge in [-0.25, -0.2) is 8.78 Å². The predicted octanol–water partition coefficient (Wildman–Crippen LogP) is 3.81. The second kappa shape index (κ2) is 7.02. The van der Waals surface area contributed by atoms with Crippen LogP contribution in [0.4, 0.5) is 8.78 Å². The average molecular weight is 283 g/mol. The van der Waals surface area contributed by atoms with E-state index in [-0.39, 0.29) is 11.9 Å². The van der Waals surface area contributed by atoms with Gasteiger partial charge in [0.1, 0.15) is 0 Å². The van der Waals surface area contributed by atoms with Gasteiger partial charge in [0.05, 0.1) is 6.10 Å². The van der Waals surface area contributed by atoms with Crippen LogP contribution < -0.4 is 10.5 Å². The van der Waals surface area contributed by atoms with Gasteiger partial charge in [0, 0.05) is 0 Å². The number of hydrogen-bond acceptors (Lipinski definition) is 2. The van der Waals surface area contributed by atoms with E-state index in [0.29, 0.717) is 18.5 Å². The molecule has 0 saturated heterocycles. The second-order valence-corrected chi connectivity index (χ2v) is 5.60. The SMILES string of the molecule is CCC1CCC(Oc2c(F)cc(CCN)cc2F)CC1. The molecule has 1 aromatic carbocycles. The monoisotopic (exact) mass is 283 g/mol. The molecule has 1 fully saturated rings. The zero-order valence-corrected chi connectivity index (χ0v) is 12.0. The van der Waals surface area contributed by atoms with Gasteiger partial charge in [-0.3, -0.25) is 0 Å². The minimum atomic E-state index is -0.619. The fourth-order valence-electron chi connectivity index (χ4n) is 2.86. The number of nitrogens with two attached hydrogens (primary N) is 1. The highest BCUT2D eigenvalue weighted by Gasteiger charge is 2.23. The van der Waals surface area contributed by atoms with E-state index < -0.39 is 11.6 Å². The number of halogens is 2. The Bertz CT molecular complexity index is 419. The standard InChI is InChI=1S/C16H23F2NO/c1-2-11-3-5-13(6-4-11)20-16-14(17)9-12(7-8-19)10-15(16)18/h9-11,13H,2-8,19H2,1H3. The summed E-state index contributed by atoms with van der Waals surface area (Å²) in [7, 11) is 0. The number of benzene rings is 1. The molecular weight excluding hydrogens is 260 g/mol. The lowest BCUT2D eigenvalue weighted by Crippen LogP contribution is -2.24. The fraction of sp³-hybridized carbons (Fsp3) is 0.625. The van der Waals surface area contributed by atoms with Gasteiger partial charge in [0.2, 0.25) is 0 Å². The van der Waals surface area contributed by atoms with Crippen LogP contribution in [0.5, 0.6) is 5.75 Å². The molecule has 2 N–H and O–H groups in total. The molecule has 2 rings (SSSR count). The Balaban J connectivity index is 2.02. The number of rotatable bonds is 5. The molecule has 0 spiro atoms. The van der Waals surface area contributed by atoms with Crippen LogP contribution in [0, 0.1) is 17.6 Å². The van der Waals surface area contributed by atoms with Crippen LogP contribution in [0.1, 0.15) is 44.6 Å². The Labute approximate surface area is 119 Å². The molecule has 0 amide bonds. The largest absolute Gasteiger partial charge is 0.484 e. The maximum atomic E-state index is 13.9. The average Bonchev–Trinajstić information content (AvgIpc) is 2.44. The van der Waals surface area contributed by atoms with Crippen LogP contribution >= 0.6 is 0 Å². The first-order chi connectivity index (χ1) is 9.63. The van der Waals surface area contributed by atoms with Crippen molar-refractivity contribution in [3.63, 3.8) is 0 Å². The van der Waals surface area contributed by atoms with Crippen molar-refractivity contribution < 1.29 is 13.5 Å². The number of hydrogen-bond donors (Lipinski definition) is 1. The molecular formula is C16H23F2NO. The molecule has 1 aliphatic carbocycles. The molecule has 0 unspecified atom stereocenters. The molecule has 4 heteroatoms. The summed E-state index contributed by atoms with van der Waals surface area (Å²) in [6, 6.07) is 2.64. The molecule has 0 atom stereocenters. The molecule has 0 aromatic heterocycles. The summed E-state index contributed by atoms with van der Waals surface area (Å²) in [4.78, 5) is 0.